The van der Waals surface area contributed by atoms with Gasteiger partial charge in [-0.15, -0.1) is 0 Å². The molecule has 0 aliphatic carbocycles. The summed E-state index contributed by atoms with van der Waals surface area (Å²) in [5.41, 5.74) is 1.54. The third kappa shape index (κ3) is 3.28. The van der Waals surface area contributed by atoms with Crippen LogP contribution in [0.3, 0.4) is 0 Å². The highest BCUT2D eigenvalue weighted by Crippen LogP contribution is 2.16. The van der Waals surface area contributed by atoms with Gasteiger partial charge in [0.05, 0.1) is 5.69 Å². The van der Waals surface area contributed by atoms with Gasteiger partial charge in [-0.25, -0.2) is 4.39 Å². The SMILES string of the molecule is CC(NCc1ccc(Cl)cc1F)c1ccccn1. The molecule has 0 spiro atoms. The van der Waals surface area contributed by atoms with Crippen LogP contribution in [0.2, 0.25) is 5.02 Å². The number of nitrogens with zero attached hydrogens (tertiary/aromatic N) is 1. The lowest BCUT2D eigenvalue weighted by Gasteiger charge is -2.13. The van der Waals surface area contributed by atoms with Crippen molar-refractivity contribution in [2.24, 2.45) is 0 Å². The average molecular weight is 265 g/mol. The van der Waals surface area contributed by atoms with E-state index >= 15 is 0 Å². The van der Waals surface area contributed by atoms with Crippen molar-refractivity contribution in [1.29, 1.82) is 0 Å². The molecule has 0 fully saturated rings. The van der Waals surface area contributed by atoms with E-state index in [1.54, 1.807) is 18.3 Å². The van der Waals surface area contributed by atoms with E-state index in [1.807, 2.05) is 25.1 Å². The second kappa shape index (κ2) is 5.94. The van der Waals surface area contributed by atoms with E-state index in [0.29, 0.717) is 17.1 Å². The van der Waals surface area contributed by atoms with E-state index in [-0.39, 0.29) is 11.9 Å². The van der Waals surface area contributed by atoms with Crippen LogP contribution < -0.4 is 5.32 Å². The quantitative estimate of drug-likeness (QED) is 0.910. The molecule has 1 unspecified atom stereocenters. The average Bonchev–Trinajstić information content (AvgIpc) is 2.38. The van der Waals surface area contributed by atoms with E-state index in [4.69, 9.17) is 11.6 Å². The van der Waals surface area contributed by atoms with Crippen LogP contribution in [0.1, 0.15) is 24.2 Å². The standard InChI is InChI=1S/C14H14ClFN2/c1-10(14-4-2-3-7-17-14)18-9-11-5-6-12(15)8-13(11)16/h2-8,10,18H,9H2,1H3. The molecule has 0 saturated carbocycles. The number of rotatable bonds is 4. The number of pyridine rings is 1. The lowest BCUT2D eigenvalue weighted by molar-refractivity contribution is 0.536. The van der Waals surface area contributed by atoms with Crippen LogP contribution in [0.5, 0.6) is 0 Å². The molecule has 94 valence electrons. The Kier molecular flexibility index (Phi) is 4.28. The molecular weight excluding hydrogens is 251 g/mol. The van der Waals surface area contributed by atoms with Crippen molar-refractivity contribution in [2.45, 2.75) is 19.5 Å². The summed E-state index contributed by atoms with van der Waals surface area (Å²) in [4.78, 5) is 4.25. The predicted octanol–water partition coefficient (Wildman–Crippen LogP) is 3.72. The van der Waals surface area contributed by atoms with Crippen LogP contribution >= 0.6 is 11.6 Å². The van der Waals surface area contributed by atoms with Gasteiger partial charge in [0.15, 0.2) is 0 Å². The molecule has 2 nitrogen and oxygen atoms in total. The highest BCUT2D eigenvalue weighted by atomic mass is 35.5. The van der Waals surface area contributed by atoms with E-state index in [1.165, 1.54) is 6.07 Å². The Bertz CT molecular complexity index is 516. The third-order valence-electron chi connectivity index (χ3n) is 2.75. The molecule has 2 rings (SSSR count). The van der Waals surface area contributed by atoms with Crippen LogP contribution in [0.15, 0.2) is 42.6 Å². The number of hydrogen-bond donors (Lipinski definition) is 1. The maximum Gasteiger partial charge on any atom is 0.129 e. The summed E-state index contributed by atoms with van der Waals surface area (Å²) < 4.78 is 13.6. The normalized spacial score (nSPS) is 12.4. The van der Waals surface area contributed by atoms with Gasteiger partial charge in [-0.1, -0.05) is 23.7 Å². The number of aromatic nitrogens is 1. The first-order chi connectivity index (χ1) is 8.66. The zero-order valence-corrected chi connectivity index (χ0v) is 10.8. The molecule has 0 saturated heterocycles. The van der Waals surface area contributed by atoms with Gasteiger partial charge < -0.3 is 5.32 Å². The Morgan fingerprint density at radius 3 is 2.83 bits per heavy atom. The first-order valence-electron chi connectivity index (χ1n) is 5.75. The van der Waals surface area contributed by atoms with Gasteiger partial charge in [-0.2, -0.15) is 0 Å². The summed E-state index contributed by atoms with van der Waals surface area (Å²) in [6.45, 7) is 2.44. The van der Waals surface area contributed by atoms with E-state index < -0.39 is 0 Å². The van der Waals surface area contributed by atoms with Crippen molar-refractivity contribution in [1.82, 2.24) is 10.3 Å². The van der Waals surface area contributed by atoms with E-state index in [9.17, 15) is 4.39 Å². The number of benzene rings is 1. The molecular formula is C14H14ClFN2. The van der Waals surface area contributed by atoms with Crippen LogP contribution in [-0.2, 0) is 6.54 Å². The van der Waals surface area contributed by atoms with Crippen LogP contribution in [0.4, 0.5) is 4.39 Å². The monoisotopic (exact) mass is 264 g/mol. The zero-order chi connectivity index (χ0) is 13.0. The fourth-order valence-electron chi connectivity index (χ4n) is 1.66. The third-order valence-corrected chi connectivity index (χ3v) is 2.98. The van der Waals surface area contributed by atoms with Crippen LogP contribution in [-0.4, -0.2) is 4.98 Å². The topological polar surface area (TPSA) is 24.9 Å². The molecule has 0 amide bonds. The van der Waals surface area contributed by atoms with Crippen molar-refractivity contribution in [3.8, 4) is 0 Å². The number of hydrogen-bond acceptors (Lipinski definition) is 2. The minimum atomic E-state index is -0.289. The van der Waals surface area contributed by atoms with Gasteiger partial charge in [0.25, 0.3) is 0 Å². The molecule has 18 heavy (non-hydrogen) atoms. The van der Waals surface area contributed by atoms with Gasteiger partial charge in [0.2, 0.25) is 0 Å². The molecule has 0 radical (unpaired) electrons. The second-order valence-electron chi connectivity index (χ2n) is 4.09. The maximum atomic E-state index is 13.6. The Balaban J connectivity index is 1.99. The maximum absolute atomic E-state index is 13.6. The fraction of sp³-hybridized carbons (Fsp3) is 0.214. The van der Waals surface area contributed by atoms with Crippen LogP contribution in [0, 0.1) is 5.82 Å². The van der Waals surface area contributed by atoms with Gasteiger partial charge in [0.1, 0.15) is 5.82 Å². The Morgan fingerprint density at radius 1 is 1.33 bits per heavy atom. The van der Waals surface area contributed by atoms with Crippen molar-refractivity contribution in [3.63, 3.8) is 0 Å². The zero-order valence-electron chi connectivity index (χ0n) is 10.0. The summed E-state index contributed by atoms with van der Waals surface area (Å²) in [7, 11) is 0. The highest BCUT2D eigenvalue weighted by molar-refractivity contribution is 6.30. The second-order valence-corrected chi connectivity index (χ2v) is 4.53. The van der Waals surface area contributed by atoms with Crippen molar-refractivity contribution < 1.29 is 4.39 Å². The number of nitrogens with one attached hydrogen (secondary N) is 1. The summed E-state index contributed by atoms with van der Waals surface area (Å²) >= 11 is 5.71. The molecule has 1 aromatic carbocycles. The molecule has 0 aliphatic rings. The van der Waals surface area contributed by atoms with E-state index in [2.05, 4.69) is 10.3 Å². The molecule has 0 bridgehead atoms. The Morgan fingerprint density at radius 2 is 2.17 bits per heavy atom. The molecule has 1 atom stereocenters. The molecule has 1 aromatic heterocycles. The van der Waals surface area contributed by atoms with E-state index in [0.717, 1.165) is 5.69 Å². The summed E-state index contributed by atoms with van der Waals surface area (Å²) in [6.07, 6.45) is 1.75. The molecule has 2 aromatic rings. The Hall–Kier alpha value is -1.45. The summed E-state index contributed by atoms with van der Waals surface area (Å²) in [6, 6.07) is 10.5. The van der Waals surface area contributed by atoms with Gasteiger partial charge in [-0.3, -0.25) is 4.98 Å². The lowest BCUT2D eigenvalue weighted by atomic mass is 10.1. The van der Waals surface area contributed by atoms with Crippen molar-refractivity contribution in [2.75, 3.05) is 0 Å². The Labute approximate surface area is 111 Å². The predicted molar refractivity (Wildman–Crippen MR) is 70.9 cm³/mol. The largest absolute Gasteiger partial charge is 0.305 e. The van der Waals surface area contributed by atoms with Crippen LogP contribution in [0.25, 0.3) is 0 Å². The summed E-state index contributed by atoms with van der Waals surface area (Å²) in [5, 5.41) is 3.64. The molecule has 4 heteroatoms. The molecule has 1 heterocycles. The first-order valence-corrected chi connectivity index (χ1v) is 6.13. The number of halogens is 2. The van der Waals surface area contributed by atoms with Gasteiger partial charge in [0, 0.05) is 29.4 Å². The van der Waals surface area contributed by atoms with Gasteiger partial charge in [-0.05, 0) is 31.2 Å². The van der Waals surface area contributed by atoms with Gasteiger partial charge >= 0.3 is 0 Å². The lowest BCUT2D eigenvalue weighted by Crippen LogP contribution is -2.19. The molecule has 0 aliphatic heterocycles. The minimum absolute atomic E-state index is 0.0706. The van der Waals surface area contributed by atoms with Crippen molar-refractivity contribution >= 4 is 11.6 Å². The highest BCUT2D eigenvalue weighted by Gasteiger charge is 2.07. The first kappa shape index (κ1) is 13.0. The minimum Gasteiger partial charge on any atom is -0.305 e. The fourth-order valence-corrected chi connectivity index (χ4v) is 1.82. The summed E-state index contributed by atoms with van der Waals surface area (Å²) in [5.74, 6) is -0.289. The smallest absolute Gasteiger partial charge is 0.129 e. The molecule has 1 N–H and O–H groups in total. The van der Waals surface area contributed by atoms with Crippen molar-refractivity contribution in [3.05, 3.63) is 64.7 Å².